The van der Waals surface area contributed by atoms with Crippen LogP contribution in [0.1, 0.15) is 78.1 Å². The SMILES string of the molecule is CCCCCCCC(CC1CCC1)NCC. The van der Waals surface area contributed by atoms with Crippen molar-refractivity contribution in [3.63, 3.8) is 0 Å². The third-order valence-corrected chi connectivity index (χ3v) is 3.99. The second-order valence-corrected chi connectivity index (χ2v) is 5.49. The van der Waals surface area contributed by atoms with Gasteiger partial charge in [-0.3, -0.25) is 0 Å². The van der Waals surface area contributed by atoms with Gasteiger partial charge in [-0.15, -0.1) is 0 Å². The molecule has 1 fully saturated rings. The van der Waals surface area contributed by atoms with Crippen molar-refractivity contribution < 1.29 is 0 Å². The summed E-state index contributed by atoms with van der Waals surface area (Å²) in [5.41, 5.74) is 0. The van der Waals surface area contributed by atoms with Crippen LogP contribution in [0.4, 0.5) is 0 Å². The monoisotopic (exact) mass is 225 g/mol. The van der Waals surface area contributed by atoms with Crippen LogP contribution in [-0.4, -0.2) is 12.6 Å². The van der Waals surface area contributed by atoms with Crippen molar-refractivity contribution >= 4 is 0 Å². The fourth-order valence-electron chi connectivity index (χ4n) is 2.72. The Labute approximate surface area is 102 Å². The standard InChI is InChI=1S/C15H31N/c1-3-5-6-7-8-12-15(16-4-2)13-14-10-9-11-14/h14-16H,3-13H2,1-2H3. The minimum atomic E-state index is 0.817. The number of rotatable bonds is 10. The maximum Gasteiger partial charge on any atom is 0.00695 e. The molecule has 1 aliphatic carbocycles. The van der Waals surface area contributed by atoms with E-state index in [0.29, 0.717) is 0 Å². The summed E-state index contributed by atoms with van der Waals surface area (Å²) in [5.74, 6) is 1.06. The molecule has 0 aromatic rings. The van der Waals surface area contributed by atoms with Gasteiger partial charge in [-0.05, 0) is 25.3 Å². The molecule has 0 aromatic heterocycles. The molecule has 16 heavy (non-hydrogen) atoms. The minimum absolute atomic E-state index is 0.817. The van der Waals surface area contributed by atoms with Gasteiger partial charge in [0.2, 0.25) is 0 Å². The van der Waals surface area contributed by atoms with E-state index in [-0.39, 0.29) is 0 Å². The largest absolute Gasteiger partial charge is 0.314 e. The molecule has 0 amide bonds. The first-order valence-electron chi connectivity index (χ1n) is 7.60. The zero-order valence-corrected chi connectivity index (χ0v) is 11.4. The number of unbranched alkanes of at least 4 members (excludes halogenated alkanes) is 4. The first-order valence-corrected chi connectivity index (χ1v) is 7.60. The average Bonchev–Trinajstić information content (AvgIpc) is 2.23. The van der Waals surface area contributed by atoms with Crippen LogP contribution in [0.25, 0.3) is 0 Å². The first-order chi connectivity index (χ1) is 7.86. The quantitative estimate of drug-likeness (QED) is 0.539. The van der Waals surface area contributed by atoms with Crippen molar-refractivity contribution in [3.8, 4) is 0 Å². The molecule has 0 aromatic carbocycles. The van der Waals surface area contributed by atoms with Gasteiger partial charge in [0.25, 0.3) is 0 Å². The van der Waals surface area contributed by atoms with Gasteiger partial charge in [-0.1, -0.05) is 65.2 Å². The lowest BCUT2D eigenvalue weighted by Gasteiger charge is -2.30. The molecule has 1 atom stereocenters. The Morgan fingerprint density at radius 1 is 1.06 bits per heavy atom. The molecule has 0 aliphatic heterocycles. The second kappa shape index (κ2) is 9.04. The van der Waals surface area contributed by atoms with Crippen LogP contribution in [0.3, 0.4) is 0 Å². The molecule has 1 aliphatic rings. The summed E-state index contributed by atoms with van der Waals surface area (Å²) in [4.78, 5) is 0. The Kier molecular flexibility index (Phi) is 7.92. The highest BCUT2D eigenvalue weighted by molar-refractivity contribution is 4.77. The third-order valence-electron chi connectivity index (χ3n) is 3.99. The average molecular weight is 225 g/mol. The van der Waals surface area contributed by atoms with Gasteiger partial charge < -0.3 is 5.32 Å². The summed E-state index contributed by atoms with van der Waals surface area (Å²) < 4.78 is 0. The predicted octanol–water partition coefficient (Wildman–Crippen LogP) is 4.52. The fourth-order valence-corrected chi connectivity index (χ4v) is 2.72. The smallest absolute Gasteiger partial charge is 0.00695 e. The zero-order valence-electron chi connectivity index (χ0n) is 11.4. The molecule has 1 nitrogen and oxygen atoms in total. The van der Waals surface area contributed by atoms with Gasteiger partial charge in [-0.25, -0.2) is 0 Å². The Balaban J connectivity index is 2.02. The van der Waals surface area contributed by atoms with E-state index in [9.17, 15) is 0 Å². The van der Waals surface area contributed by atoms with Crippen molar-refractivity contribution in [1.82, 2.24) is 5.32 Å². The van der Waals surface area contributed by atoms with Gasteiger partial charge >= 0.3 is 0 Å². The molecule has 0 saturated heterocycles. The first kappa shape index (κ1) is 14.0. The van der Waals surface area contributed by atoms with Crippen LogP contribution < -0.4 is 5.32 Å². The number of hydrogen-bond acceptors (Lipinski definition) is 1. The van der Waals surface area contributed by atoms with Crippen LogP contribution in [-0.2, 0) is 0 Å². The maximum atomic E-state index is 3.67. The summed E-state index contributed by atoms with van der Waals surface area (Å²) in [6.07, 6.45) is 14.4. The molecule has 0 bridgehead atoms. The minimum Gasteiger partial charge on any atom is -0.314 e. The molecule has 0 spiro atoms. The lowest BCUT2D eigenvalue weighted by Crippen LogP contribution is -2.32. The zero-order chi connectivity index (χ0) is 11.6. The van der Waals surface area contributed by atoms with E-state index in [1.807, 2.05) is 0 Å². The highest BCUT2D eigenvalue weighted by atomic mass is 14.9. The highest BCUT2D eigenvalue weighted by Crippen LogP contribution is 2.31. The van der Waals surface area contributed by atoms with Crippen LogP contribution >= 0.6 is 0 Å². The fraction of sp³-hybridized carbons (Fsp3) is 1.00. The Hall–Kier alpha value is -0.0400. The predicted molar refractivity (Wildman–Crippen MR) is 72.8 cm³/mol. The van der Waals surface area contributed by atoms with Crippen molar-refractivity contribution in [3.05, 3.63) is 0 Å². The van der Waals surface area contributed by atoms with E-state index in [0.717, 1.165) is 18.5 Å². The summed E-state index contributed by atoms with van der Waals surface area (Å²) in [5, 5.41) is 3.67. The van der Waals surface area contributed by atoms with E-state index < -0.39 is 0 Å². The van der Waals surface area contributed by atoms with Crippen molar-refractivity contribution in [2.24, 2.45) is 5.92 Å². The summed E-state index contributed by atoms with van der Waals surface area (Å²) >= 11 is 0. The Morgan fingerprint density at radius 2 is 1.81 bits per heavy atom. The normalized spacial score (nSPS) is 18.4. The van der Waals surface area contributed by atoms with E-state index in [4.69, 9.17) is 0 Å². The topological polar surface area (TPSA) is 12.0 Å². The van der Waals surface area contributed by atoms with Gasteiger partial charge in [-0.2, -0.15) is 0 Å². The van der Waals surface area contributed by atoms with Gasteiger partial charge in [0.05, 0.1) is 0 Å². The van der Waals surface area contributed by atoms with Crippen molar-refractivity contribution in [1.29, 1.82) is 0 Å². The van der Waals surface area contributed by atoms with Gasteiger partial charge in [0.1, 0.15) is 0 Å². The Morgan fingerprint density at radius 3 is 2.38 bits per heavy atom. The molecule has 1 N–H and O–H groups in total. The Bertz CT molecular complexity index is 152. The molecular formula is C15H31N. The molecule has 96 valence electrons. The molecule has 1 heteroatoms. The molecule has 0 radical (unpaired) electrons. The molecule has 0 heterocycles. The highest BCUT2D eigenvalue weighted by Gasteiger charge is 2.21. The van der Waals surface area contributed by atoms with Crippen LogP contribution in [0.2, 0.25) is 0 Å². The lowest BCUT2D eigenvalue weighted by molar-refractivity contribution is 0.253. The lowest BCUT2D eigenvalue weighted by atomic mass is 9.80. The van der Waals surface area contributed by atoms with E-state index in [2.05, 4.69) is 19.2 Å². The molecule has 1 rings (SSSR count). The molecular weight excluding hydrogens is 194 g/mol. The van der Waals surface area contributed by atoms with Crippen LogP contribution in [0, 0.1) is 5.92 Å². The van der Waals surface area contributed by atoms with Gasteiger partial charge in [0.15, 0.2) is 0 Å². The molecule has 1 saturated carbocycles. The molecule has 1 unspecified atom stereocenters. The van der Waals surface area contributed by atoms with Gasteiger partial charge in [0, 0.05) is 6.04 Å². The third kappa shape index (κ3) is 5.89. The number of hydrogen-bond donors (Lipinski definition) is 1. The van der Waals surface area contributed by atoms with Crippen molar-refractivity contribution in [2.45, 2.75) is 84.1 Å². The van der Waals surface area contributed by atoms with E-state index in [1.54, 1.807) is 0 Å². The van der Waals surface area contributed by atoms with Crippen LogP contribution in [0.5, 0.6) is 0 Å². The van der Waals surface area contributed by atoms with E-state index >= 15 is 0 Å². The second-order valence-electron chi connectivity index (χ2n) is 5.49. The maximum absolute atomic E-state index is 3.67. The van der Waals surface area contributed by atoms with Crippen LogP contribution in [0.15, 0.2) is 0 Å². The summed E-state index contributed by atoms with van der Waals surface area (Å²) in [7, 11) is 0. The number of nitrogens with one attached hydrogen (secondary N) is 1. The van der Waals surface area contributed by atoms with Crippen molar-refractivity contribution in [2.75, 3.05) is 6.54 Å². The summed E-state index contributed by atoms with van der Waals surface area (Å²) in [6, 6.07) is 0.817. The van der Waals surface area contributed by atoms with E-state index in [1.165, 1.54) is 64.2 Å². The summed E-state index contributed by atoms with van der Waals surface area (Å²) in [6.45, 7) is 5.68.